The van der Waals surface area contributed by atoms with Gasteiger partial charge in [0.25, 0.3) is 5.69 Å². The van der Waals surface area contributed by atoms with Gasteiger partial charge in [-0.3, -0.25) is 10.1 Å². The van der Waals surface area contributed by atoms with E-state index in [2.05, 4.69) is 5.32 Å². The average Bonchev–Trinajstić information content (AvgIpc) is 2.70. The molecular weight excluding hydrogens is 348 g/mol. The van der Waals surface area contributed by atoms with Crippen molar-refractivity contribution in [3.05, 3.63) is 81.9 Å². The van der Waals surface area contributed by atoms with E-state index in [4.69, 9.17) is 9.84 Å². The Morgan fingerprint density at radius 1 is 1.11 bits per heavy atom. The van der Waals surface area contributed by atoms with E-state index in [1.807, 2.05) is 42.5 Å². The van der Waals surface area contributed by atoms with Crippen LogP contribution in [0.3, 0.4) is 0 Å². The minimum absolute atomic E-state index is 0.0440. The number of anilines is 1. The van der Waals surface area contributed by atoms with E-state index >= 15 is 0 Å². The fraction of sp³-hybridized carbons (Fsp3) is 0.150. The van der Waals surface area contributed by atoms with Crippen molar-refractivity contribution >= 4 is 28.1 Å². The number of non-ortho nitro benzene ring substituents is 1. The van der Waals surface area contributed by atoms with Gasteiger partial charge >= 0.3 is 5.97 Å². The summed E-state index contributed by atoms with van der Waals surface area (Å²) in [5, 5.41) is 24.9. The largest absolute Gasteiger partial charge is 0.457 e. The highest BCUT2D eigenvalue weighted by Crippen LogP contribution is 2.24. The van der Waals surface area contributed by atoms with Crippen LogP contribution in [0.4, 0.5) is 11.4 Å². The monoisotopic (exact) mass is 366 g/mol. The lowest BCUT2D eigenvalue weighted by atomic mass is 10.1. The zero-order valence-electron chi connectivity index (χ0n) is 14.4. The van der Waals surface area contributed by atoms with Gasteiger partial charge in [-0.05, 0) is 22.4 Å². The van der Waals surface area contributed by atoms with Gasteiger partial charge in [-0.1, -0.05) is 42.5 Å². The summed E-state index contributed by atoms with van der Waals surface area (Å²) < 4.78 is 5.41. The van der Waals surface area contributed by atoms with Crippen LogP contribution in [-0.4, -0.2) is 29.2 Å². The number of nitrogens with zero attached hydrogens (tertiary/aromatic N) is 1. The first kappa shape index (κ1) is 18.3. The molecule has 0 amide bonds. The van der Waals surface area contributed by atoms with Gasteiger partial charge in [-0.15, -0.1) is 0 Å². The molecule has 3 aromatic carbocycles. The van der Waals surface area contributed by atoms with E-state index < -0.39 is 10.9 Å². The predicted octanol–water partition coefficient (Wildman–Crippen LogP) is 3.51. The Balaban J connectivity index is 1.84. The topological polar surface area (TPSA) is 102 Å². The number of hydrogen-bond donors (Lipinski definition) is 2. The highest BCUT2D eigenvalue weighted by molar-refractivity contribution is 5.96. The Bertz CT molecular complexity index is 982. The summed E-state index contributed by atoms with van der Waals surface area (Å²) >= 11 is 0. The van der Waals surface area contributed by atoms with Gasteiger partial charge in [0.15, 0.2) is 0 Å². The molecule has 0 atom stereocenters. The maximum absolute atomic E-state index is 12.6. The number of aliphatic hydroxyl groups excluding tert-OH is 1. The number of rotatable bonds is 7. The first-order chi connectivity index (χ1) is 13.1. The molecule has 7 nitrogen and oxygen atoms in total. The lowest BCUT2D eigenvalue weighted by Crippen LogP contribution is -2.13. The maximum Gasteiger partial charge on any atom is 0.340 e. The number of carbonyl (C=O) groups is 1. The second-order valence-electron chi connectivity index (χ2n) is 5.85. The molecule has 7 heteroatoms. The molecule has 0 saturated heterocycles. The molecule has 0 heterocycles. The first-order valence-corrected chi connectivity index (χ1v) is 8.37. The van der Waals surface area contributed by atoms with Crippen LogP contribution < -0.4 is 5.32 Å². The fourth-order valence-electron chi connectivity index (χ4n) is 2.80. The molecule has 0 aliphatic carbocycles. The third kappa shape index (κ3) is 4.21. The van der Waals surface area contributed by atoms with Crippen LogP contribution >= 0.6 is 0 Å². The van der Waals surface area contributed by atoms with Gasteiger partial charge in [0.2, 0.25) is 0 Å². The average molecular weight is 366 g/mol. The Labute approximate surface area is 155 Å². The van der Waals surface area contributed by atoms with E-state index in [-0.39, 0.29) is 31.0 Å². The molecule has 0 unspecified atom stereocenters. The van der Waals surface area contributed by atoms with Gasteiger partial charge in [0, 0.05) is 24.4 Å². The number of esters is 1. The Morgan fingerprint density at radius 2 is 1.89 bits per heavy atom. The number of nitrogens with one attached hydrogen (secondary N) is 1. The molecule has 2 N–H and O–H groups in total. The van der Waals surface area contributed by atoms with E-state index in [1.165, 1.54) is 18.2 Å². The molecule has 0 fully saturated rings. The van der Waals surface area contributed by atoms with E-state index in [9.17, 15) is 14.9 Å². The van der Waals surface area contributed by atoms with Crippen LogP contribution in [0, 0.1) is 10.1 Å². The molecule has 0 aliphatic heterocycles. The van der Waals surface area contributed by atoms with Crippen molar-refractivity contribution in [2.45, 2.75) is 6.61 Å². The smallest absolute Gasteiger partial charge is 0.340 e. The number of carbonyl (C=O) groups excluding carboxylic acids is 1. The summed E-state index contributed by atoms with van der Waals surface area (Å²) in [6.07, 6.45) is 0. The van der Waals surface area contributed by atoms with Crippen LogP contribution in [0.1, 0.15) is 15.9 Å². The van der Waals surface area contributed by atoms with Crippen molar-refractivity contribution in [2.24, 2.45) is 0 Å². The van der Waals surface area contributed by atoms with Crippen molar-refractivity contribution in [1.29, 1.82) is 0 Å². The minimum atomic E-state index is -0.674. The molecule has 0 saturated carbocycles. The van der Waals surface area contributed by atoms with E-state index in [1.54, 1.807) is 0 Å². The maximum atomic E-state index is 12.6. The van der Waals surface area contributed by atoms with Crippen LogP contribution in [0.15, 0.2) is 60.7 Å². The second-order valence-corrected chi connectivity index (χ2v) is 5.85. The van der Waals surface area contributed by atoms with Crippen LogP contribution in [-0.2, 0) is 11.3 Å². The SMILES string of the molecule is O=C(OCc1cccc2ccccc12)c1cc([N+](=O)[O-])ccc1NCCO. The van der Waals surface area contributed by atoms with Crippen molar-refractivity contribution in [3.8, 4) is 0 Å². The number of ether oxygens (including phenoxy) is 1. The zero-order chi connectivity index (χ0) is 19.2. The third-order valence-electron chi connectivity index (χ3n) is 4.10. The molecule has 0 radical (unpaired) electrons. The van der Waals surface area contributed by atoms with Crippen molar-refractivity contribution in [3.63, 3.8) is 0 Å². The molecule has 27 heavy (non-hydrogen) atoms. The molecule has 3 rings (SSSR count). The highest BCUT2D eigenvalue weighted by Gasteiger charge is 2.18. The molecule has 3 aromatic rings. The van der Waals surface area contributed by atoms with Crippen LogP contribution in [0.25, 0.3) is 10.8 Å². The summed E-state index contributed by atoms with van der Waals surface area (Å²) in [6, 6.07) is 17.4. The van der Waals surface area contributed by atoms with E-state index in [0.717, 1.165) is 16.3 Å². The summed E-state index contributed by atoms with van der Waals surface area (Å²) in [5.41, 5.74) is 1.06. The van der Waals surface area contributed by atoms with Crippen LogP contribution in [0.5, 0.6) is 0 Å². The normalized spacial score (nSPS) is 10.6. The molecule has 0 spiro atoms. The Morgan fingerprint density at radius 3 is 2.67 bits per heavy atom. The zero-order valence-corrected chi connectivity index (χ0v) is 14.4. The van der Waals surface area contributed by atoms with Crippen molar-refractivity contribution in [2.75, 3.05) is 18.5 Å². The van der Waals surface area contributed by atoms with Crippen molar-refractivity contribution in [1.82, 2.24) is 0 Å². The quantitative estimate of drug-likeness (QED) is 0.377. The van der Waals surface area contributed by atoms with Gasteiger partial charge in [0.1, 0.15) is 6.61 Å². The lowest BCUT2D eigenvalue weighted by Gasteiger charge is -2.12. The Hall–Kier alpha value is -3.45. The molecular formula is C20H18N2O5. The number of nitro benzene ring substituents is 1. The summed E-state index contributed by atoms with van der Waals surface area (Å²) in [4.78, 5) is 23.0. The van der Waals surface area contributed by atoms with E-state index in [0.29, 0.717) is 5.69 Å². The fourth-order valence-corrected chi connectivity index (χ4v) is 2.80. The third-order valence-corrected chi connectivity index (χ3v) is 4.10. The number of fused-ring (bicyclic) bond motifs is 1. The second kappa shape index (κ2) is 8.29. The van der Waals surface area contributed by atoms with Gasteiger partial charge in [0.05, 0.1) is 17.1 Å². The molecule has 0 bridgehead atoms. The molecule has 138 valence electrons. The summed E-state index contributed by atoms with van der Waals surface area (Å²) in [5.74, 6) is -0.674. The van der Waals surface area contributed by atoms with Gasteiger partial charge in [-0.25, -0.2) is 4.79 Å². The van der Waals surface area contributed by atoms with Gasteiger partial charge < -0.3 is 15.2 Å². The Kier molecular flexibility index (Phi) is 5.63. The van der Waals surface area contributed by atoms with Crippen LogP contribution in [0.2, 0.25) is 0 Å². The number of benzene rings is 3. The number of aliphatic hydroxyl groups is 1. The summed E-state index contributed by atoms with van der Waals surface area (Å²) in [7, 11) is 0. The lowest BCUT2D eigenvalue weighted by molar-refractivity contribution is -0.384. The number of hydrogen-bond acceptors (Lipinski definition) is 6. The molecule has 0 aromatic heterocycles. The summed E-state index contributed by atoms with van der Waals surface area (Å²) in [6.45, 7) is 0.116. The highest BCUT2D eigenvalue weighted by atomic mass is 16.6. The first-order valence-electron chi connectivity index (χ1n) is 8.37. The number of nitro groups is 1. The van der Waals surface area contributed by atoms with Gasteiger partial charge in [-0.2, -0.15) is 0 Å². The minimum Gasteiger partial charge on any atom is -0.457 e. The molecule has 0 aliphatic rings. The van der Waals surface area contributed by atoms with Crippen molar-refractivity contribution < 1.29 is 19.6 Å². The standard InChI is InChI=1S/C20H18N2O5/c23-11-10-21-19-9-8-16(22(25)26)12-18(19)20(24)27-13-15-6-3-5-14-4-1-2-7-17(14)15/h1-9,12,21,23H,10-11,13H2. The predicted molar refractivity (Wildman–Crippen MR) is 102 cm³/mol.